The second-order valence-corrected chi connectivity index (χ2v) is 6.40. The number of para-hydroxylation sites is 3. The Kier molecular flexibility index (Phi) is 5.25. The SMILES string of the molecule is COc1cn(-c2ccccc2)nc1C(=O)Nc1ccccc1N1CCOCC1. The Hall–Kier alpha value is -3.32. The van der Waals surface area contributed by atoms with E-state index in [0.717, 1.165) is 30.2 Å². The lowest BCUT2D eigenvalue weighted by atomic mass is 10.2. The average Bonchev–Trinajstić information content (AvgIpc) is 3.20. The van der Waals surface area contributed by atoms with Gasteiger partial charge in [-0.25, -0.2) is 4.68 Å². The molecular weight excluding hydrogens is 356 g/mol. The molecule has 4 rings (SSSR count). The minimum atomic E-state index is -0.313. The van der Waals surface area contributed by atoms with Crippen molar-refractivity contribution in [1.29, 1.82) is 0 Å². The molecule has 1 N–H and O–H groups in total. The van der Waals surface area contributed by atoms with Gasteiger partial charge in [-0.1, -0.05) is 30.3 Å². The van der Waals surface area contributed by atoms with Crippen LogP contribution in [0.25, 0.3) is 5.69 Å². The van der Waals surface area contributed by atoms with Crippen molar-refractivity contribution in [2.45, 2.75) is 0 Å². The molecule has 0 spiro atoms. The number of carbonyl (C=O) groups is 1. The Balaban J connectivity index is 1.60. The van der Waals surface area contributed by atoms with E-state index in [0.29, 0.717) is 19.0 Å². The normalized spacial score (nSPS) is 14.0. The van der Waals surface area contributed by atoms with Crippen molar-refractivity contribution in [1.82, 2.24) is 9.78 Å². The Morgan fingerprint density at radius 3 is 2.54 bits per heavy atom. The molecule has 7 heteroatoms. The summed E-state index contributed by atoms with van der Waals surface area (Å²) in [5.41, 5.74) is 2.81. The molecule has 0 saturated carbocycles. The van der Waals surface area contributed by atoms with Crippen LogP contribution in [-0.4, -0.2) is 49.1 Å². The highest BCUT2D eigenvalue weighted by Crippen LogP contribution is 2.28. The van der Waals surface area contributed by atoms with Gasteiger partial charge >= 0.3 is 0 Å². The number of nitrogens with zero attached hydrogens (tertiary/aromatic N) is 3. The molecule has 0 atom stereocenters. The molecule has 1 aromatic heterocycles. The first-order valence-corrected chi connectivity index (χ1v) is 9.18. The minimum absolute atomic E-state index is 0.239. The molecule has 7 nitrogen and oxygen atoms in total. The maximum absolute atomic E-state index is 13.0. The molecule has 0 bridgehead atoms. The van der Waals surface area contributed by atoms with Crippen LogP contribution in [0.15, 0.2) is 60.8 Å². The smallest absolute Gasteiger partial charge is 0.280 e. The van der Waals surface area contributed by atoms with Crippen LogP contribution in [-0.2, 0) is 4.74 Å². The van der Waals surface area contributed by atoms with E-state index >= 15 is 0 Å². The summed E-state index contributed by atoms with van der Waals surface area (Å²) in [4.78, 5) is 15.2. The van der Waals surface area contributed by atoms with Gasteiger partial charge in [-0.3, -0.25) is 4.79 Å². The van der Waals surface area contributed by atoms with E-state index in [1.54, 1.807) is 10.9 Å². The third-order valence-corrected chi connectivity index (χ3v) is 4.64. The number of hydrogen-bond acceptors (Lipinski definition) is 5. The van der Waals surface area contributed by atoms with Gasteiger partial charge in [0.2, 0.25) is 0 Å². The van der Waals surface area contributed by atoms with Gasteiger partial charge in [0.25, 0.3) is 5.91 Å². The van der Waals surface area contributed by atoms with E-state index in [2.05, 4.69) is 15.3 Å². The molecule has 0 unspecified atom stereocenters. The van der Waals surface area contributed by atoms with Crippen molar-refractivity contribution in [2.75, 3.05) is 43.6 Å². The molecule has 0 radical (unpaired) electrons. The van der Waals surface area contributed by atoms with Crippen LogP contribution in [0.2, 0.25) is 0 Å². The first kappa shape index (κ1) is 18.1. The second kappa shape index (κ2) is 8.14. The molecular formula is C21H22N4O3. The molecule has 1 saturated heterocycles. The predicted octanol–water partition coefficient (Wildman–Crippen LogP) is 2.97. The van der Waals surface area contributed by atoms with Crippen LogP contribution in [0.1, 0.15) is 10.5 Å². The number of ether oxygens (including phenoxy) is 2. The highest BCUT2D eigenvalue weighted by atomic mass is 16.5. The van der Waals surface area contributed by atoms with Crippen LogP contribution in [0.3, 0.4) is 0 Å². The van der Waals surface area contributed by atoms with Gasteiger partial charge in [-0.15, -0.1) is 0 Å². The number of amides is 1. The van der Waals surface area contributed by atoms with Crippen molar-refractivity contribution in [2.24, 2.45) is 0 Å². The van der Waals surface area contributed by atoms with Gasteiger partial charge in [0.15, 0.2) is 11.4 Å². The standard InChI is InChI=1S/C21H22N4O3/c1-27-19-15-25(16-7-3-2-4-8-16)23-20(19)21(26)22-17-9-5-6-10-18(17)24-11-13-28-14-12-24/h2-10,15H,11-14H2,1H3,(H,22,26). The summed E-state index contributed by atoms with van der Waals surface area (Å²) in [5, 5.41) is 7.42. The predicted molar refractivity (Wildman–Crippen MR) is 108 cm³/mol. The van der Waals surface area contributed by atoms with E-state index in [-0.39, 0.29) is 11.6 Å². The summed E-state index contributed by atoms with van der Waals surface area (Å²) >= 11 is 0. The van der Waals surface area contributed by atoms with Crippen LogP contribution in [0.4, 0.5) is 11.4 Å². The Labute approximate surface area is 163 Å². The van der Waals surface area contributed by atoms with Crippen LogP contribution in [0.5, 0.6) is 5.75 Å². The molecule has 2 aromatic carbocycles. The molecule has 28 heavy (non-hydrogen) atoms. The fourth-order valence-corrected chi connectivity index (χ4v) is 3.22. The van der Waals surface area contributed by atoms with Crippen molar-refractivity contribution < 1.29 is 14.3 Å². The van der Waals surface area contributed by atoms with E-state index in [1.807, 2.05) is 54.6 Å². The second-order valence-electron chi connectivity index (χ2n) is 6.40. The number of carbonyl (C=O) groups excluding carboxylic acids is 1. The lowest BCUT2D eigenvalue weighted by Gasteiger charge is -2.30. The Morgan fingerprint density at radius 2 is 1.79 bits per heavy atom. The van der Waals surface area contributed by atoms with Crippen molar-refractivity contribution >= 4 is 17.3 Å². The minimum Gasteiger partial charge on any atom is -0.493 e. The summed E-state index contributed by atoms with van der Waals surface area (Å²) < 4.78 is 12.5. The number of nitrogens with one attached hydrogen (secondary N) is 1. The van der Waals surface area contributed by atoms with Gasteiger partial charge in [0.05, 0.1) is 43.6 Å². The molecule has 1 aliphatic heterocycles. The van der Waals surface area contributed by atoms with Gasteiger partial charge in [0.1, 0.15) is 0 Å². The maximum atomic E-state index is 13.0. The monoisotopic (exact) mass is 378 g/mol. The molecule has 2 heterocycles. The van der Waals surface area contributed by atoms with Gasteiger partial charge in [-0.05, 0) is 24.3 Å². The number of morpholine rings is 1. The highest BCUT2D eigenvalue weighted by molar-refractivity contribution is 6.06. The lowest BCUT2D eigenvalue weighted by Crippen LogP contribution is -2.36. The maximum Gasteiger partial charge on any atom is 0.280 e. The number of rotatable bonds is 5. The summed E-state index contributed by atoms with van der Waals surface area (Å²) in [6, 6.07) is 17.4. The van der Waals surface area contributed by atoms with Crippen LogP contribution >= 0.6 is 0 Å². The van der Waals surface area contributed by atoms with E-state index in [4.69, 9.17) is 9.47 Å². The van der Waals surface area contributed by atoms with Crippen molar-refractivity contribution in [3.05, 3.63) is 66.5 Å². The zero-order valence-corrected chi connectivity index (χ0v) is 15.7. The number of aromatic nitrogens is 2. The third kappa shape index (κ3) is 3.70. The summed E-state index contributed by atoms with van der Waals surface area (Å²) in [6.07, 6.45) is 1.71. The Morgan fingerprint density at radius 1 is 1.07 bits per heavy atom. The number of methoxy groups -OCH3 is 1. The Bertz CT molecular complexity index is 949. The zero-order chi connectivity index (χ0) is 19.3. The lowest BCUT2D eigenvalue weighted by molar-refractivity contribution is 0.101. The fraction of sp³-hybridized carbons (Fsp3) is 0.238. The average molecular weight is 378 g/mol. The largest absolute Gasteiger partial charge is 0.493 e. The highest BCUT2D eigenvalue weighted by Gasteiger charge is 2.21. The number of hydrogen-bond donors (Lipinski definition) is 1. The number of anilines is 2. The van der Waals surface area contributed by atoms with Crippen molar-refractivity contribution in [3.63, 3.8) is 0 Å². The third-order valence-electron chi connectivity index (χ3n) is 4.64. The van der Waals surface area contributed by atoms with Crippen LogP contribution in [0, 0.1) is 0 Å². The molecule has 1 amide bonds. The number of benzene rings is 2. The topological polar surface area (TPSA) is 68.6 Å². The van der Waals surface area contributed by atoms with Gasteiger partial charge in [-0.2, -0.15) is 5.10 Å². The van der Waals surface area contributed by atoms with E-state index in [1.165, 1.54) is 7.11 Å². The molecule has 0 aliphatic carbocycles. The summed E-state index contributed by atoms with van der Waals surface area (Å²) in [6.45, 7) is 2.94. The molecule has 1 aliphatic rings. The molecule has 3 aromatic rings. The molecule has 144 valence electrons. The molecule has 1 fully saturated rings. The quantitative estimate of drug-likeness (QED) is 0.739. The van der Waals surface area contributed by atoms with E-state index < -0.39 is 0 Å². The summed E-state index contributed by atoms with van der Waals surface area (Å²) in [7, 11) is 1.53. The first-order valence-electron chi connectivity index (χ1n) is 9.18. The zero-order valence-electron chi connectivity index (χ0n) is 15.7. The summed E-state index contributed by atoms with van der Waals surface area (Å²) in [5.74, 6) is 0.109. The van der Waals surface area contributed by atoms with E-state index in [9.17, 15) is 4.79 Å². The van der Waals surface area contributed by atoms with Crippen LogP contribution < -0.4 is 15.0 Å². The van der Waals surface area contributed by atoms with Crippen molar-refractivity contribution in [3.8, 4) is 11.4 Å². The van der Waals surface area contributed by atoms with Gasteiger partial charge < -0.3 is 19.7 Å². The first-order chi connectivity index (χ1) is 13.8. The van der Waals surface area contributed by atoms with Gasteiger partial charge in [0, 0.05) is 13.1 Å². The fourth-order valence-electron chi connectivity index (χ4n) is 3.22.